The van der Waals surface area contributed by atoms with Crippen LogP contribution in [0.3, 0.4) is 0 Å². The summed E-state index contributed by atoms with van der Waals surface area (Å²) in [6.45, 7) is 7.91. The molecule has 1 heterocycles. The topological polar surface area (TPSA) is 97.7 Å². The molecule has 2 aromatic rings. The molecule has 4 rings (SSSR count). The maximum atomic E-state index is 13.0. The van der Waals surface area contributed by atoms with E-state index in [2.05, 4.69) is 15.7 Å². The molecule has 3 N–H and O–H groups in total. The van der Waals surface area contributed by atoms with E-state index >= 15 is 0 Å². The van der Waals surface area contributed by atoms with Crippen LogP contribution >= 0.6 is 0 Å². The van der Waals surface area contributed by atoms with Gasteiger partial charge in [-0.2, -0.15) is 0 Å². The van der Waals surface area contributed by atoms with Gasteiger partial charge in [0.2, 0.25) is 5.09 Å². The molecule has 1 unspecified atom stereocenters. The molecule has 6 nitrogen and oxygen atoms in total. The highest BCUT2D eigenvalue weighted by Crippen LogP contribution is 2.38. The van der Waals surface area contributed by atoms with E-state index in [1.54, 1.807) is 13.0 Å². The number of benzene rings is 1. The van der Waals surface area contributed by atoms with Crippen LogP contribution in [0, 0.1) is 6.92 Å². The Bertz CT molecular complexity index is 1080. The normalized spacial score (nSPS) is 17.6. The third-order valence-corrected chi connectivity index (χ3v) is 7.13. The van der Waals surface area contributed by atoms with E-state index in [1.807, 2.05) is 20.8 Å². The largest absolute Gasteiger partial charge is 0.450 e. The minimum atomic E-state index is -3.47. The van der Waals surface area contributed by atoms with Gasteiger partial charge in [0, 0.05) is 5.69 Å². The second-order valence-electron chi connectivity index (χ2n) is 9.11. The summed E-state index contributed by atoms with van der Waals surface area (Å²) in [5.41, 5.74) is 6.59. The molecule has 2 aliphatic carbocycles. The minimum absolute atomic E-state index is 0.0404. The molecule has 7 heteroatoms. The predicted molar refractivity (Wildman–Crippen MR) is 115 cm³/mol. The molecule has 156 valence electrons. The number of furan rings is 1. The van der Waals surface area contributed by atoms with Crippen molar-refractivity contribution in [2.75, 3.05) is 5.32 Å². The highest BCUT2D eigenvalue weighted by Gasteiger charge is 2.27. The fourth-order valence-corrected chi connectivity index (χ4v) is 5.52. The SMILES string of the molecule is Cc1oc(S(N)(=O)=NC(=O)Nc2c3c(cc4c2CCC4)CCC3)cc1C(C)(C)C. The van der Waals surface area contributed by atoms with E-state index < -0.39 is 15.9 Å². The average Bonchev–Trinajstić information content (AvgIpc) is 3.31. The number of nitrogens with two attached hydrogens (primary N) is 1. The summed E-state index contributed by atoms with van der Waals surface area (Å²) in [5.74, 6) is 0.639. The number of fused-ring (bicyclic) bond motifs is 2. The van der Waals surface area contributed by atoms with Crippen molar-refractivity contribution >= 4 is 21.6 Å². The Morgan fingerprint density at radius 2 is 1.69 bits per heavy atom. The number of carbonyl (C=O) groups is 1. The van der Waals surface area contributed by atoms with E-state index in [9.17, 15) is 9.00 Å². The van der Waals surface area contributed by atoms with Gasteiger partial charge in [0.05, 0.1) is 0 Å². The summed E-state index contributed by atoms with van der Waals surface area (Å²) >= 11 is 0. The lowest BCUT2D eigenvalue weighted by molar-refractivity contribution is 0.260. The first-order valence-corrected chi connectivity index (χ1v) is 11.8. The second-order valence-corrected chi connectivity index (χ2v) is 10.8. The van der Waals surface area contributed by atoms with Crippen molar-refractivity contribution in [3.05, 3.63) is 45.7 Å². The molecule has 2 amide bonds. The second kappa shape index (κ2) is 6.99. The van der Waals surface area contributed by atoms with Gasteiger partial charge in [-0.1, -0.05) is 26.8 Å². The number of rotatable bonds is 2. The molecule has 0 saturated carbocycles. The number of hydrogen-bond donors (Lipinski definition) is 2. The lowest BCUT2D eigenvalue weighted by Gasteiger charge is -2.16. The monoisotopic (exact) mass is 415 g/mol. The first-order chi connectivity index (χ1) is 13.6. The summed E-state index contributed by atoms with van der Waals surface area (Å²) < 4.78 is 22.5. The Morgan fingerprint density at radius 1 is 1.10 bits per heavy atom. The highest BCUT2D eigenvalue weighted by molar-refractivity contribution is 7.91. The zero-order chi connectivity index (χ0) is 21.0. The van der Waals surface area contributed by atoms with Crippen molar-refractivity contribution in [1.29, 1.82) is 0 Å². The molecule has 2 aliphatic rings. The molecule has 0 bridgehead atoms. The Morgan fingerprint density at radius 3 is 2.21 bits per heavy atom. The van der Waals surface area contributed by atoms with E-state index in [-0.39, 0.29) is 10.5 Å². The fourth-order valence-electron chi connectivity index (χ4n) is 4.61. The Labute approximate surface area is 172 Å². The maximum Gasteiger partial charge on any atom is 0.354 e. The predicted octanol–water partition coefficient (Wildman–Crippen LogP) is 4.80. The number of anilines is 1. The molecule has 29 heavy (non-hydrogen) atoms. The molecule has 1 atom stereocenters. The maximum absolute atomic E-state index is 13.0. The van der Waals surface area contributed by atoms with E-state index in [0.29, 0.717) is 5.76 Å². The van der Waals surface area contributed by atoms with Crippen molar-refractivity contribution in [3.8, 4) is 0 Å². The quantitative estimate of drug-likeness (QED) is 0.737. The Hall–Kier alpha value is -2.12. The lowest BCUT2D eigenvalue weighted by atomic mass is 9.87. The summed E-state index contributed by atoms with van der Waals surface area (Å²) in [6.07, 6.45) is 6.15. The number of hydrogen-bond acceptors (Lipinski definition) is 3. The molecule has 0 radical (unpaired) electrons. The average molecular weight is 416 g/mol. The first-order valence-electron chi connectivity index (χ1n) is 10.2. The van der Waals surface area contributed by atoms with Crippen LogP contribution in [-0.2, 0) is 41.0 Å². The van der Waals surface area contributed by atoms with Gasteiger partial charge in [0.1, 0.15) is 5.76 Å². The highest BCUT2D eigenvalue weighted by atomic mass is 32.2. The number of amides is 2. The Kier molecular flexibility index (Phi) is 4.86. The van der Waals surface area contributed by atoms with Gasteiger partial charge in [0.25, 0.3) is 0 Å². The first kappa shape index (κ1) is 20.2. The van der Waals surface area contributed by atoms with Crippen molar-refractivity contribution in [2.45, 2.75) is 76.7 Å². The van der Waals surface area contributed by atoms with Crippen LogP contribution in [0.15, 0.2) is 26.0 Å². The van der Waals surface area contributed by atoms with Crippen molar-refractivity contribution in [3.63, 3.8) is 0 Å². The van der Waals surface area contributed by atoms with Crippen LogP contribution in [0.4, 0.5) is 10.5 Å². The van der Waals surface area contributed by atoms with E-state index in [1.165, 1.54) is 22.3 Å². The van der Waals surface area contributed by atoms with Crippen molar-refractivity contribution < 1.29 is 13.4 Å². The standard InChI is InChI=1S/C22H29N3O3S/c1-13-18(22(2,3)4)12-19(28-13)29(23,27)25-21(26)24-20-16-9-5-7-14(16)11-15-8-6-10-17(15)20/h11-12H,5-10H2,1-4H3,(H3,23,24,25,26,27). The Balaban J connectivity index is 1.67. The van der Waals surface area contributed by atoms with Crippen LogP contribution in [0.2, 0.25) is 0 Å². The number of aryl methyl sites for hydroxylation is 3. The molecule has 1 aromatic carbocycles. The van der Waals surface area contributed by atoms with Gasteiger partial charge in [0.15, 0.2) is 9.92 Å². The third-order valence-electron chi connectivity index (χ3n) is 5.91. The van der Waals surface area contributed by atoms with E-state index in [4.69, 9.17) is 9.56 Å². The fraction of sp³-hybridized carbons (Fsp3) is 0.500. The molecule has 0 spiro atoms. The molecule has 0 saturated heterocycles. The van der Waals surface area contributed by atoms with Crippen LogP contribution in [-0.4, -0.2) is 10.2 Å². The lowest BCUT2D eigenvalue weighted by Crippen LogP contribution is -2.18. The van der Waals surface area contributed by atoms with Crippen molar-refractivity contribution in [1.82, 2.24) is 0 Å². The molecular weight excluding hydrogens is 386 g/mol. The van der Waals surface area contributed by atoms with Gasteiger partial charge in [-0.3, -0.25) is 0 Å². The summed E-state index contributed by atoms with van der Waals surface area (Å²) in [5, 5.41) is 8.90. The smallest absolute Gasteiger partial charge is 0.354 e. The molecule has 1 aromatic heterocycles. The van der Waals surface area contributed by atoms with Gasteiger partial charge >= 0.3 is 6.03 Å². The number of nitrogens with one attached hydrogen (secondary N) is 1. The van der Waals surface area contributed by atoms with Crippen LogP contribution in [0.5, 0.6) is 0 Å². The minimum Gasteiger partial charge on any atom is -0.450 e. The number of nitrogens with zero attached hydrogens (tertiary/aromatic N) is 1. The van der Waals surface area contributed by atoms with Gasteiger partial charge < -0.3 is 9.73 Å². The van der Waals surface area contributed by atoms with Gasteiger partial charge in [-0.25, -0.2) is 14.1 Å². The van der Waals surface area contributed by atoms with Gasteiger partial charge in [-0.05, 0) is 84.7 Å². The summed E-state index contributed by atoms with van der Waals surface area (Å²) in [6, 6.07) is 3.27. The zero-order valence-corrected chi connectivity index (χ0v) is 18.4. The van der Waals surface area contributed by atoms with Gasteiger partial charge in [-0.15, -0.1) is 4.36 Å². The van der Waals surface area contributed by atoms with Crippen LogP contribution in [0.1, 0.15) is 67.2 Å². The number of urea groups is 1. The van der Waals surface area contributed by atoms with Crippen molar-refractivity contribution in [2.24, 2.45) is 9.50 Å². The molecule has 0 aliphatic heterocycles. The summed E-state index contributed by atoms with van der Waals surface area (Å²) in [4.78, 5) is 12.7. The van der Waals surface area contributed by atoms with E-state index in [0.717, 1.165) is 49.8 Å². The van der Waals surface area contributed by atoms with Crippen LogP contribution in [0.25, 0.3) is 0 Å². The third kappa shape index (κ3) is 3.73. The molecular formula is C22H29N3O3S. The molecule has 0 fully saturated rings. The summed E-state index contributed by atoms with van der Waals surface area (Å²) in [7, 11) is -3.47. The zero-order valence-electron chi connectivity index (χ0n) is 17.6. The van der Waals surface area contributed by atoms with Crippen LogP contribution < -0.4 is 10.5 Å². The number of carbonyl (C=O) groups excluding carboxylic acids is 1.